The molecule has 1 unspecified atom stereocenters. The smallest absolute Gasteiger partial charge is 0.0588 e. The molecule has 0 radical (unpaired) electrons. The zero-order chi connectivity index (χ0) is 14.5. The number of hydrogen-bond donors (Lipinski definition) is 2. The predicted octanol–water partition coefficient (Wildman–Crippen LogP) is 3.42. The summed E-state index contributed by atoms with van der Waals surface area (Å²) >= 11 is 1.93. The summed E-state index contributed by atoms with van der Waals surface area (Å²) in [4.78, 5) is 1.37. The van der Waals surface area contributed by atoms with Crippen molar-refractivity contribution in [2.75, 3.05) is 12.4 Å². The van der Waals surface area contributed by atoms with Crippen LogP contribution in [0.1, 0.15) is 23.6 Å². The minimum Gasteiger partial charge on any atom is -0.395 e. The van der Waals surface area contributed by atoms with Gasteiger partial charge >= 0.3 is 0 Å². The van der Waals surface area contributed by atoms with Crippen LogP contribution >= 0.6 is 11.8 Å². The van der Waals surface area contributed by atoms with Crippen molar-refractivity contribution in [2.45, 2.75) is 29.8 Å². The first-order valence-corrected chi connectivity index (χ1v) is 8.48. The molecule has 0 bridgehead atoms. The van der Waals surface area contributed by atoms with Crippen LogP contribution in [0.4, 0.5) is 0 Å². The second-order valence-corrected chi connectivity index (χ2v) is 6.60. The SMILES string of the molecule is OC[C@@H](Cc1ccccc1)NC1CCSc2ccccc21. The summed E-state index contributed by atoms with van der Waals surface area (Å²) in [7, 11) is 0. The molecule has 3 heteroatoms. The molecule has 0 amide bonds. The van der Waals surface area contributed by atoms with Crippen LogP contribution in [0.2, 0.25) is 0 Å². The molecule has 0 fully saturated rings. The first kappa shape index (κ1) is 14.6. The highest BCUT2D eigenvalue weighted by Gasteiger charge is 2.22. The molecular weight excluding hydrogens is 278 g/mol. The highest BCUT2D eigenvalue weighted by molar-refractivity contribution is 7.99. The second kappa shape index (κ2) is 7.12. The number of nitrogens with one attached hydrogen (secondary N) is 1. The van der Waals surface area contributed by atoms with Gasteiger partial charge < -0.3 is 10.4 Å². The second-order valence-electron chi connectivity index (χ2n) is 5.46. The maximum absolute atomic E-state index is 9.70. The molecule has 2 aromatic carbocycles. The third-order valence-electron chi connectivity index (χ3n) is 3.94. The van der Waals surface area contributed by atoms with Crippen molar-refractivity contribution >= 4 is 11.8 Å². The fraction of sp³-hybridized carbons (Fsp3) is 0.333. The lowest BCUT2D eigenvalue weighted by molar-refractivity contribution is 0.228. The van der Waals surface area contributed by atoms with E-state index in [-0.39, 0.29) is 12.6 Å². The lowest BCUT2D eigenvalue weighted by Gasteiger charge is -2.29. The molecule has 0 saturated heterocycles. The molecule has 110 valence electrons. The molecule has 1 aliphatic heterocycles. The van der Waals surface area contributed by atoms with E-state index in [1.165, 1.54) is 16.0 Å². The van der Waals surface area contributed by atoms with E-state index in [2.05, 4.69) is 53.8 Å². The van der Waals surface area contributed by atoms with E-state index in [1.807, 2.05) is 17.8 Å². The highest BCUT2D eigenvalue weighted by atomic mass is 32.2. The Morgan fingerprint density at radius 3 is 2.67 bits per heavy atom. The Morgan fingerprint density at radius 1 is 1.10 bits per heavy atom. The molecule has 2 nitrogen and oxygen atoms in total. The zero-order valence-electron chi connectivity index (χ0n) is 12.0. The number of aliphatic hydroxyl groups excluding tert-OH is 1. The molecule has 0 spiro atoms. The number of aliphatic hydroxyl groups is 1. The zero-order valence-corrected chi connectivity index (χ0v) is 12.9. The lowest BCUT2D eigenvalue weighted by atomic mass is 10.0. The Hall–Kier alpha value is -1.29. The molecule has 2 N–H and O–H groups in total. The van der Waals surface area contributed by atoms with Gasteiger partial charge in [-0.2, -0.15) is 0 Å². The normalized spacial score (nSPS) is 19.0. The first-order valence-electron chi connectivity index (χ1n) is 7.49. The third-order valence-corrected chi connectivity index (χ3v) is 5.06. The topological polar surface area (TPSA) is 32.3 Å². The first-order chi connectivity index (χ1) is 10.4. The number of benzene rings is 2. The number of rotatable bonds is 5. The van der Waals surface area contributed by atoms with Crippen molar-refractivity contribution in [3.8, 4) is 0 Å². The van der Waals surface area contributed by atoms with Crippen molar-refractivity contribution in [1.82, 2.24) is 5.32 Å². The summed E-state index contributed by atoms with van der Waals surface area (Å²) in [6, 6.07) is 19.4. The van der Waals surface area contributed by atoms with Crippen molar-refractivity contribution in [2.24, 2.45) is 0 Å². The average molecular weight is 299 g/mol. The van der Waals surface area contributed by atoms with Gasteiger partial charge in [-0.25, -0.2) is 0 Å². The van der Waals surface area contributed by atoms with Crippen molar-refractivity contribution in [1.29, 1.82) is 0 Å². The molecule has 0 aromatic heterocycles. The van der Waals surface area contributed by atoms with Crippen LogP contribution in [0, 0.1) is 0 Å². The van der Waals surface area contributed by atoms with E-state index in [0.717, 1.165) is 18.6 Å². The van der Waals surface area contributed by atoms with Crippen LogP contribution in [0.3, 0.4) is 0 Å². The highest BCUT2D eigenvalue weighted by Crippen LogP contribution is 2.36. The molecular formula is C18H21NOS. The fourth-order valence-corrected chi connectivity index (χ4v) is 4.00. The monoisotopic (exact) mass is 299 g/mol. The van der Waals surface area contributed by atoms with E-state index in [4.69, 9.17) is 0 Å². The third kappa shape index (κ3) is 3.67. The minimum atomic E-state index is 0.105. The standard InChI is InChI=1S/C18H21NOS/c20-13-15(12-14-6-2-1-3-7-14)19-17-10-11-21-18-9-5-4-8-16(17)18/h1-9,15,17,19-20H,10-13H2/t15-,17?/m1/s1. The lowest BCUT2D eigenvalue weighted by Crippen LogP contribution is -2.38. The number of thioether (sulfide) groups is 1. The minimum absolute atomic E-state index is 0.105. The molecule has 3 rings (SSSR count). The fourth-order valence-electron chi connectivity index (χ4n) is 2.87. The van der Waals surface area contributed by atoms with Crippen LogP contribution in [-0.4, -0.2) is 23.5 Å². The predicted molar refractivity (Wildman–Crippen MR) is 88.7 cm³/mol. The molecule has 1 heterocycles. The van der Waals surface area contributed by atoms with Crippen LogP contribution in [0.15, 0.2) is 59.5 Å². The van der Waals surface area contributed by atoms with Gasteiger partial charge in [0.25, 0.3) is 0 Å². The summed E-state index contributed by atoms with van der Waals surface area (Å²) in [5.74, 6) is 1.14. The van der Waals surface area contributed by atoms with Gasteiger partial charge in [0.2, 0.25) is 0 Å². The Kier molecular flexibility index (Phi) is 4.96. The van der Waals surface area contributed by atoms with Gasteiger partial charge in [0.15, 0.2) is 0 Å². The van der Waals surface area contributed by atoms with Gasteiger partial charge in [-0.05, 0) is 35.8 Å². The maximum atomic E-state index is 9.70. The summed E-state index contributed by atoms with van der Waals surface area (Å²) < 4.78 is 0. The van der Waals surface area contributed by atoms with Gasteiger partial charge in [-0.15, -0.1) is 11.8 Å². The molecule has 2 aromatic rings. The quantitative estimate of drug-likeness (QED) is 0.887. The van der Waals surface area contributed by atoms with Gasteiger partial charge in [0.05, 0.1) is 6.61 Å². The van der Waals surface area contributed by atoms with Crippen LogP contribution < -0.4 is 5.32 Å². The summed E-state index contributed by atoms with van der Waals surface area (Å²) in [5, 5.41) is 13.3. The van der Waals surface area contributed by atoms with Crippen LogP contribution in [-0.2, 0) is 6.42 Å². The molecule has 0 aliphatic carbocycles. The summed E-state index contributed by atoms with van der Waals surface area (Å²) in [6.45, 7) is 0.167. The van der Waals surface area contributed by atoms with Crippen molar-refractivity contribution in [3.63, 3.8) is 0 Å². The Morgan fingerprint density at radius 2 is 1.86 bits per heavy atom. The van der Waals surface area contributed by atoms with E-state index in [1.54, 1.807) is 0 Å². The van der Waals surface area contributed by atoms with E-state index in [9.17, 15) is 5.11 Å². The van der Waals surface area contributed by atoms with E-state index < -0.39 is 0 Å². The summed E-state index contributed by atoms with van der Waals surface area (Å²) in [6.07, 6.45) is 1.98. The Labute approximate surface area is 130 Å². The van der Waals surface area contributed by atoms with Gasteiger partial charge in [0, 0.05) is 17.0 Å². The van der Waals surface area contributed by atoms with Crippen molar-refractivity contribution in [3.05, 3.63) is 65.7 Å². The summed E-state index contributed by atoms with van der Waals surface area (Å²) in [5.41, 5.74) is 2.64. The van der Waals surface area contributed by atoms with E-state index in [0.29, 0.717) is 6.04 Å². The molecule has 1 aliphatic rings. The van der Waals surface area contributed by atoms with Gasteiger partial charge in [-0.3, -0.25) is 0 Å². The number of hydrogen-bond acceptors (Lipinski definition) is 3. The molecule has 21 heavy (non-hydrogen) atoms. The largest absolute Gasteiger partial charge is 0.395 e. The molecule has 0 saturated carbocycles. The maximum Gasteiger partial charge on any atom is 0.0588 e. The van der Waals surface area contributed by atoms with Crippen molar-refractivity contribution < 1.29 is 5.11 Å². The molecule has 2 atom stereocenters. The van der Waals surface area contributed by atoms with Crippen LogP contribution in [0.25, 0.3) is 0 Å². The van der Waals surface area contributed by atoms with Gasteiger partial charge in [-0.1, -0.05) is 48.5 Å². The Bertz CT molecular complexity index is 572. The Balaban J connectivity index is 1.70. The van der Waals surface area contributed by atoms with Gasteiger partial charge in [0.1, 0.15) is 0 Å². The van der Waals surface area contributed by atoms with E-state index >= 15 is 0 Å². The number of fused-ring (bicyclic) bond motifs is 1. The van der Waals surface area contributed by atoms with Crippen LogP contribution in [0.5, 0.6) is 0 Å². The average Bonchev–Trinajstić information content (AvgIpc) is 2.55.